The summed E-state index contributed by atoms with van der Waals surface area (Å²) in [5.74, 6) is 0. The number of amides is 1. The molecule has 0 unspecified atom stereocenters. The lowest BCUT2D eigenvalue weighted by Gasteiger charge is -2.38. The molecule has 1 aromatic rings. The van der Waals surface area contributed by atoms with Crippen molar-refractivity contribution in [3.05, 3.63) is 30.3 Å². The number of rotatable bonds is 7. The first-order valence-corrected chi connectivity index (χ1v) is 13.5. The molecule has 2 saturated heterocycles. The second-order valence-corrected chi connectivity index (χ2v) is 11.6. The van der Waals surface area contributed by atoms with E-state index in [0.717, 1.165) is 4.90 Å². The van der Waals surface area contributed by atoms with E-state index < -0.39 is 54.5 Å². The van der Waals surface area contributed by atoms with Gasteiger partial charge in [0.05, 0.1) is 23.1 Å². The summed E-state index contributed by atoms with van der Waals surface area (Å²) >= 11 is 0. The van der Waals surface area contributed by atoms with E-state index in [1.807, 2.05) is 0 Å². The lowest BCUT2D eigenvalue weighted by Crippen LogP contribution is -2.49. The van der Waals surface area contributed by atoms with Gasteiger partial charge >= 0.3 is 20.1 Å². The zero-order chi connectivity index (χ0) is 26.1. The zero-order valence-corrected chi connectivity index (χ0v) is 20.3. The number of carbonyl (C=O) groups is 1. The molecule has 3 rings (SSSR count). The number of benzene rings is 1. The highest BCUT2D eigenvalue weighted by Gasteiger charge is 2.48. The number of halogens is 3. The SMILES string of the molecule is CN([C@H]1COC2(CCN(C(=O)O[C@H](COP(=O)(O)O)C(F)(F)F)CC2)C1)S(=O)(=O)c1ccccc1. The van der Waals surface area contributed by atoms with Gasteiger partial charge in [0.2, 0.25) is 16.1 Å². The van der Waals surface area contributed by atoms with E-state index in [4.69, 9.17) is 14.5 Å². The van der Waals surface area contributed by atoms with Crippen LogP contribution in [0.2, 0.25) is 0 Å². The number of piperidine rings is 1. The average molecular weight is 546 g/mol. The number of nitrogens with zero attached hydrogens (tertiary/aromatic N) is 2. The van der Waals surface area contributed by atoms with Gasteiger partial charge in [-0.25, -0.2) is 17.8 Å². The molecule has 2 atom stereocenters. The summed E-state index contributed by atoms with van der Waals surface area (Å²) < 4.78 is 91.2. The van der Waals surface area contributed by atoms with Crippen LogP contribution in [0.5, 0.6) is 0 Å². The number of phosphoric acid groups is 1. The molecule has 35 heavy (non-hydrogen) atoms. The Morgan fingerprint density at radius 3 is 2.43 bits per heavy atom. The average Bonchev–Trinajstić information content (AvgIpc) is 3.18. The molecule has 1 amide bonds. The summed E-state index contributed by atoms with van der Waals surface area (Å²) in [5, 5.41) is 0. The Labute approximate surface area is 200 Å². The lowest BCUT2D eigenvalue weighted by molar-refractivity contribution is -0.214. The molecule has 1 aromatic carbocycles. The number of ether oxygens (including phenoxy) is 2. The fraction of sp³-hybridized carbons (Fsp3) is 0.632. The van der Waals surface area contributed by atoms with Crippen molar-refractivity contribution in [1.29, 1.82) is 0 Å². The van der Waals surface area contributed by atoms with Crippen molar-refractivity contribution >= 4 is 23.9 Å². The number of phosphoric ester groups is 1. The van der Waals surface area contributed by atoms with Crippen molar-refractivity contribution < 1.29 is 54.7 Å². The topological polar surface area (TPSA) is 143 Å². The highest BCUT2D eigenvalue weighted by molar-refractivity contribution is 7.89. The van der Waals surface area contributed by atoms with Crippen LogP contribution >= 0.6 is 7.82 Å². The van der Waals surface area contributed by atoms with E-state index >= 15 is 0 Å². The van der Waals surface area contributed by atoms with Gasteiger partial charge in [0, 0.05) is 20.1 Å². The van der Waals surface area contributed by atoms with Crippen LogP contribution in [0.4, 0.5) is 18.0 Å². The first-order chi connectivity index (χ1) is 16.1. The first-order valence-electron chi connectivity index (χ1n) is 10.5. The third-order valence-electron chi connectivity index (χ3n) is 6.06. The molecule has 2 N–H and O–H groups in total. The van der Waals surface area contributed by atoms with Gasteiger partial charge in [0.15, 0.2) is 0 Å². The largest absolute Gasteiger partial charge is 0.469 e. The number of alkyl halides is 3. The molecular weight excluding hydrogens is 520 g/mol. The minimum absolute atomic E-state index is 0.00930. The van der Waals surface area contributed by atoms with E-state index in [2.05, 4.69) is 9.26 Å². The monoisotopic (exact) mass is 546 g/mol. The summed E-state index contributed by atoms with van der Waals surface area (Å²) in [7, 11) is -7.49. The van der Waals surface area contributed by atoms with Gasteiger partial charge in [-0.2, -0.15) is 17.5 Å². The van der Waals surface area contributed by atoms with Gasteiger partial charge in [-0.1, -0.05) is 18.2 Å². The Morgan fingerprint density at radius 2 is 1.89 bits per heavy atom. The van der Waals surface area contributed by atoms with Gasteiger partial charge in [0.1, 0.15) is 6.61 Å². The summed E-state index contributed by atoms with van der Waals surface area (Å²) in [6.45, 7) is -1.44. The molecule has 11 nitrogen and oxygen atoms in total. The van der Waals surface area contributed by atoms with Crippen LogP contribution in [0.15, 0.2) is 35.2 Å². The molecule has 0 aliphatic carbocycles. The zero-order valence-electron chi connectivity index (χ0n) is 18.6. The highest BCUT2D eigenvalue weighted by atomic mass is 32.2. The lowest BCUT2D eigenvalue weighted by atomic mass is 9.87. The van der Waals surface area contributed by atoms with Crippen LogP contribution < -0.4 is 0 Å². The first kappa shape index (κ1) is 27.8. The number of hydrogen-bond donors (Lipinski definition) is 2. The van der Waals surface area contributed by atoms with Crippen LogP contribution in [-0.4, -0.2) is 90.8 Å². The Hall–Kier alpha value is -1.74. The van der Waals surface area contributed by atoms with Crippen molar-refractivity contribution in [1.82, 2.24) is 9.21 Å². The van der Waals surface area contributed by atoms with Crippen molar-refractivity contribution in [3.63, 3.8) is 0 Å². The Morgan fingerprint density at radius 1 is 1.29 bits per heavy atom. The summed E-state index contributed by atoms with van der Waals surface area (Å²) in [6, 6.07) is 7.44. The molecule has 198 valence electrons. The van der Waals surface area contributed by atoms with Gasteiger partial charge < -0.3 is 24.2 Å². The van der Waals surface area contributed by atoms with Crippen LogP contribution in [-0.2, 0) is 28.6 Å². The number of likely N-dealkylation sites (N-methyl/N-ethyl adjacent to an activating group) is 1. The number of carbonyl (C=O) groups excluding carboxylic acids is 1. The molecule has 2 aliphatic heterocycles. The van der Waals surface area contributed by atoms with Crippen LogP contribution in [0.3, 0.4) is 0 Å². The molecule has 2 fully saturated rings. The van der Waals surface area contributed by atoms with E-state index in [0.29, 0.717) is 6.42 Å². The maximum absolute atomic E-state index is 13.1. The molecular formula is C19H26F3N2O9PS. The number of sulfonamides is 1. The predicted octanol–water partition coefficient (Wildman–Crippen LogP) is 2.11. The highest BCUT2D eigenvalue weighted by Crippen LogP contribution is 2.40. The normalized spacial score (nSPS) is 21.9. The molecule has 0 bridgehead atoms. The Balaban J connectivity index is 1.57. The van der Waals surface area contributed by atoms with Gasteiger partial charge in [-0.3, -0.25) is 4.52 Å². The molecule has 0 radical (unpaired) electrons. The molecule has 0 saturated carbocycles. The third kappa shape index (κ3) is 6.94. The minimum atomic E-state index is -5.20. The minimum Gasteiger partial charge on any atom is -0.434 e. The second kappa shape index (κ2) is 10.3. The molecule has 0 aromatic heterocycles. The summed E-state index contributed by atoms with van der Waals surface area (Å²) in [5.41, 5.74) is -0.741. The van der Waals surface area contributed by atoms with Crippen molar-refractivity contribution in [2.24, 2.45) is 0 Å². The molecule has 2 aliphatic rings. The Kier molecular flexibility index (Phi) is 8.21. The standard InChI is InChI=1S/C19H26F3N2O9PS/c1-23(35(29,30)15-5-3-2-4-6-15)14-11-18(31-12-14)7-9-24(10-8-18)17(25)33-16(19(20,21)22)13-32-34(26,27)28/h2-6,14,16H,7-13H2,1H3,(H2,26,27,28)/t14-,16-/m1/s1. The maximum Gasteiger partial charge on any atom is 0.469 e. The Bertz CT molecular complexity index is 1040. The predicted molar refractivity (Wildman–Crippen MR) is 114 cm³/mol. The second-order valence-electron chi connectivity index (χ2n) is 8.37. The van der Waals surface area contributed by atoms with Gasteiger partial charge in [-0.05, 0) is 31.4 Å². The smallest absolute Gasteiger partial charge is 0.434 e. The fourth-order valence-electron chi connectivity index (χ4n) is 4.01. The number of hydrogen-bond acceptors (Lipinski definition) is 7. The number of likely N-dealkylation sites (tertiary alicyclic amines) is 1. The van der Waals surface area contributed by atoms with Crippen LogP contribution in [0, 0.1) is 0 Å². The van der Waals surface area contributed by atoms with Crippen LogP contribution in [0.25, 0.3) is 0 Å². The molecule has 16 heteroatoms. The van der Waals surface area contributed by atoms with Crippen molar-refractivity contribution in [3.8, 4) is 0 Å². The summed E-state index contributed by atoms with van der Waals surface area (Å²) in [4.78, 5) is 30.7. The van der Waals surface area contributed by atoms with Crippen molar-refractivity contribution in [2.75, 3.05) is 33.4 Å². The summed E-state index contributed by atoms with van der Waals surface area (Å²) in [6.07, 6.45) is -8.43. The van der Waals surface area contributed by atoms with Gasteiger partial charge in [0.25, 0.3) is 0 Å². The maximum atomic E-state index is 13.1. The fourth-order valence-corrected chi connectivity index (χ4v) is 5.70. The molecule has 2 heterocycles. The quantitative estimate of drug-likeness (QED) is 0.492. The van der Waals surface area contributed by atoms with E-state index in [-0.39, 0.29) is 37.4 Å². The van der Waals surface area contributed by atoms with E-state index in [9.17, 15) is 30.9 Å². The van der Waals surface area contributed by atoms with Crippen molar-refractivity contribution in [2.45, 2.75) is 48.1 Å². The molecule has 1 spiro atoms. The van der Waals surface area contributed by atoms with Crippen LogP contribution in [0.1, 0.15) is 19.3 Å². The van der Waals surface area contributed by atoms with E-state index in [1.165, 1.54) is 23.5 Å². The van der Waals surface area contributed by atoms with Gasteiger partial charge in [-0.15, -0.1) is 0 Å². The third-order valence-corrected chi connectivity index (χ3v) is 8.47. The van der Waals surface area contributed by atoms with E-state index in [1.54, 1.807) is 18.2 Å².